The molecular weight excluding hydrogens is 179 g/mol. The van der Waals surface area contributed by atoms with E-state index in [1.54, 1.807) is 0 Å². The lowest BCUT2D eigenvalue weighted by molar-refractivity contribution is 0.555. The molecule has 0 spiro atoms. The van der Waals surface area contributed by atoms with E-state index < -0.39 is 0 Å². The molecular formula is C12H13FO. The molecule has 0 atom stereocenters. The smallest absolute Gasteiger partial charge is 0.169 e. The number of benzene rings is 1. The second kappa shape index (κ2) is 3.12. The minimum atomic E-state index is -0.273. The molecule has 0 amide bonds. The first-order chi connectivity index (χ1) is 6.59. The van der Waals surface area contributed by atoms with Crippen LogP contribution < -0.4 is 0 Å². The van der Waals surface area contributed by atoms with Crippen molar-refractivity contribution in [3.05, 3.63) is 35.3 Å². The van der Waals surface area contributed by atoms with E-state index in [1.807, 2.05) is 13.0 Å². The van der Waals surface area contributed by atoms with Crippen LogP contribution >= 0.6 is 0 Å². The zero-order valence-electron chi connectivity index (χ0n) is 8.60. The lowest BCUT2D eigenvalue weighted by atomic mass is 9.99. The molecule has 0 fully saturated rings. The van der Waals surface area contributed by atoms with E-state index in [2.05, 4.69) is 19.9 Å². The van der Waals surface area contributed by atoms with Crippen LogP contribution in [0.25, 0.3) is 11.0 Å². The molecule has 0 radical (unpaired) electrons. The van der Waals surface area contributed by atoms with Crippen molar-refractivity contribution in [2.75, 3.05) is 0 Å². The van der Waals surface area contributed by atoms with E-state index >= 15 is 0 Å². The third-order valence-electron chi connectivity index (χ3n) is 2.42. The Morgan fingerprint density at radius 2 is 2.00 bits per heavy atom. The number of fused-ring (bicyclic) bond motifs is 1. The fourth-order valence-corrected chi connectivity index (χ4v) is 1.71. The van der Waals surface area contributed by atoms with Crippen LogP contribution in [0, 0.1) is 12.7 Å². The van der Waals surface area contributed by atoms with Crippen LogP contribution in [0.5, 0.6) is 0 Å². The molecule has 0 bridgehead atoms. The molecule has 1 aromatic heterocycles. The van der Waals surface area contributed by atoms with E-state index in [4.69, 9.17) is 4.42 Å². The van der Waals surface area contributed by atoms with E-state index in [9.17, 15) is 4.39 Å². The van der Waals surface area contributed by atoms with E-state index in [0.29, 0.717) is 16.9 Å². The topological polar surface area (TPSA) is 13.1 Å². The molecule has 0 aliphatic carbocycles. The fraction of sp³-hybridized carbons (Fsp3) is 0.333. The first-order valence-corrected chi connectivity index (χ1v) is 4.77. The van der Waals surface area contributed by atoms with Gasteiger partial charge in [-0.3, -0.25) is 0 Å². The summed E-state index contributed by atoms with van der Waals surface area (Å²) in [6.45, 7) is 6.13. The lowest BCUT2D eigenvalue weighted by Crippen LogP contribution is -1.89. The van der Waals surface area contributed by atoms with Gasteiger partial charge in [0.15, 0.2) is 5.82 Å². The summed E-state index contributed by atoms with van der Waals surface area (Å²) in [5.74, 6) is 0.0774. The van der Waals surface area contributed by atoms with Gasteiger partial charge in [-0.05, 0) is 30.0 Å². The van der Waals surface area contributed by atoms with Crippen molar-refractivity contribution in [2.24, 2.45) is 0 Å². The van der Waals surface area contributed by atoms with Crippen molar-refractivity contribution in [1.82, 2.24) is 0 Å². The van der Waals surface area contributed by atoms with Crippen LogP contribution in [0.15, 0.2) is 22.8 Å². The van der Waals surface area contributed by atoms with Gasteiger partial charge in [-0.25, -0.2) is 4.39 Å². The molecule has 0 aliphatic rings. The molecule has 1 aromatic carbocycles. The van der Waals surface area contributed by atoms with Crippen LogP contribution in [-0.4, -0.2) is 0 Å². The maximum Gasteiger partial charge on any atom is 0.169 e. The van der Waals surface area contributed by atoms with Gasteiger partial charge in [-0.2, -0.15) is 0 Å². The quantitative estimate of drug-likeness (QED) is 0.665. The molecule has 74 valence electrons. The van der Waals surface area contributed by atoms with Gasteiger partial charge in [-0.15, -0.1) is 0 Å². The standard InChI is InChI=1S/C12H13FO/c1-7(2)9-4-8(3)5-10-11(13)6-14-12(9)10/h4-7H,1-3H3. The van der Waals surface area contributed by atoms with E-state index in [0.717, 1.165) is 11.1 Å². The first kappa shape index (κ1) is 9.25. The van der Waals surface area contributed by atoms with Gasteiger partial charge in [0.1, 0.15) is 11.8 Å². The van der Waals surface area contributed by atoms with Gasteiger partial charge in [-0.1, -0.05) is 19.9 Å². The Bertz CT molecular complexity index is 468. The zero-order chi connectivity index (χ0) is 10.3. The van der Waals surface area contributed by atoms with Crippen LogP contribution in [0.2, 0.25) is 0 Å². The largest absolute Gasteiger partial charge is 0.461 e. The van der Waals surface area contributed by atoms with Crippen LogP contribution in [0.4, 0.5) is 4.39 Å². The fourth-order valence-electron chi connectivity index (χ4n) is 1.71. The van der Waals surface area contributed by atoms with Crippen molar-refractivity contribution in [3.8, 4) is 0 Å². The summed E-state index contributed by atoms with van der Waals surface area (Å²) in [6.07, 6.45) is 1.18. The van der Waals surface area contributed by atoms with Crippen molar-refractivity contribution in [1.29, 1.82) is 0 Å². The number of rotatable bonds is 1. The molecule has 1 heterocycles. The zero-order valence-corrected chi connectivity index (χ0v) is 8.60. The summed E-state index contributed by atoms with van der Waals surface area (Å²) in [5, 5.41) is 0.591. The molecule has 2 heteroatoms. The minimum Gasteiger partial charge on any atom is -0.461 e. The van der Waals surface area contributed by atoms with Gasteiger partial charge in [0.05, 0.1) is 5.39 Å². The lowest BCUT2D eigenvalue weighted by Gasteiger charge is -2.06. The summed E-state index contributed by atoms with van der Waals surface area (Å²) in [4.78, 5) is 0. The average molecular weight is 192 g/mol. The molecule has 0 saturated heterocycles. The maximum absolute atomic E-state index is 13.3. The summed E-state index contributed by atoms with van der Waals surface area (Å²) >= 11 is 0. The van der Waals surface area contributed by atoms with Gasteiger partial charge in [0.2, 0.25) is 0 Å². The van der Waals surface area contributed by atoms with Crippen molar-refractivity contribution in [3.63, 3.8) is 0 Å². The Balaban J connectivity index is 2.82. The predicted octanol–water partition coefficient (Wildman–Crippen LogP) is 4.00. The van der Waals surface area contributed by atoms with Gasteiger partial charge < -0.3 is 4.42 Å². The third kappa shape index (κ3) is 1.31. The molecule has 0 unspecified atom stereocenters. The molecule has 1 nitrogen and oxygen atoms in total. The monoisotopic (exact) mass is 192 g/mol. The second-order valence-electron chi connectivity index (χ2n) is 3.97. The highest BCUT2D eigenvalue weighted by Crippen LogP contribution is 2.29. The van der Waals surface area contributed by atoms with Gasteiger partial charge in [0, 0.05) is 0 Å². The van der Waals surface area contributed by atoms with Gasteiger partial charge >= 0.3 is 0 Å². The Hall–Kier alpha value is -1.31. The van der Waals surface area contributed by atoms with E-state index in [1.165, 1.54) is 6.26 Å². The highest BCUT2D eigenvalue weighted by atomic mass is 19.1. The molecule has 0 aliphatic heterocycles. The number of hydrogen-bond acceptors (Lipinski definition) is 1. The Labute approximate surface area is 82.5 Å². The Morgan fingerprint density at radius 3 is 2.64 bits per heavy atom. The number of aryl methyl sites for hydroxylation is 1. The number of furan rings is 1. The highest BCUT2D eigenvalue weighted by Gasteiger charge is 2.12. The number of halogens is 1. The summed E-state index contributed by atoms with van der Waals surface area (Å²) in [6, 6.07) is 3.87. The minimum absolute atomic E-state index is 0.273. The SMILES string of the molecule is Cc1cc(C(C)C)c2occ(F)c2c1. The third-order valence-corrected chi connectivity index (χ3v) is 2.42. The van der Waals surface area contributed by atoms with Crippen LogP contribution in [0.3, 0.4) is 0 Å². The normalized spacial score (nSPS) is 11.5. The van der Waals surface area contributed by atoms with Crippen LogP contribution in [-0.2, 0) is 0 Å². The van der Waals surface area contributed by atoms with Crippen LogP contribution in [0.1, 0.15) is 30.9 Å². The Kier molecular flexibility index (Phi) is 2.06. The molecule has 0 saturated carbocycles. The molecule has 0 N–H and O–H groups in total. The highest BCUT2D eigenvalue weighted by molar-refractivity contribution is 5.82. The van der Waals surface area contributed by atoms with Crippen molar-refractivity contribution in [2.45, 2.75) is 26.7 Å². The second-order valence-corrected chi connectivity index (χ2v) is 3.97. The van der Waals surface area contributed by atoms with E-state index in [-0.39, 0.29) is 5.82 Å². The molecule has 14 heavy (non-hydrogen) atoms. The Morgan fingerprint density at radius 1 is 1.29 bits per heavy atom. The van der Waals surface area contributed by atoms with Crippen molar-refractivity contribution < 1.29 is 8.81 Å². The average Bonchev–Trinajstić information content (AvgIpc) is 2.47. The predicted molar refractivity (Wildman–Crippen MR) is 55.0 cm³/mol. The number of hydrogen-bond donors (Lipinski definition) is 0. The molecule has 2 rings (SSSR count). The summed E-state index contributed by atoms with van der Waals surface area (Å²) in [5.41, 5.74) is 2.83. The van der Waals surface area contributed by atoms with Crippen molar-refractivity contribution >= 4 is 11.0 Å². The summed E-state index contributed by atoms with van der Waals surface area (Å²) in [7, 11) is 0. The maximum atomic E-state index is 13.3. The molecule has 2 aromatic rings. The first-order valence-electron chi connectivity index (χ1n) is 4.77. The summed E-state index contributed by atoms with van der Waals surface area (Å²) < 4.78 is 18.5. The van der Waals surface area contributed by atoms with Gasteiger partial charge in [0.25, 0.3) is 0 Å².